The van der Waals surface area contributed by atoms with Crippen LogP contribution < -0.4 is 32.7 Å². The molecule has 0 radical (unpaired) electrons. The molecule has 0 spiro atoms. The molecule has 3 atom stereocenters. The van der Waals surface area contributed by atoms with E-state index in [4.69, 9.17) is 16.2 Å². The Morgan fingerprint density at radius 1 is 0.865 bits per heavy atom. The number of hydrogen-bond acceptors (Lipinski definition) is 7. The van der Waals surface area contributed by atoms with Crippen LogP contribution in [-0.2, 0) is 25.5 Å². The van der Waals surface area contributed by atoms with Crippen molar-refractivity contribution in [1.82, 2.24) is 16.0 Å². The molecule has 0 heterocycles. The number of nitrogens with one attached hydrogen (secondary N) is 4. The highest BCUT2D eigenvalue weighted by molar-refractivity contribution is 5.98. The lowest BCUT2D eigenvalue weighted by Crippen LogP contribution is -2.54. The number of carboxylic acids is 1. The van der Waals surface area contributed by atoms with Gasteiger partial charge in [0.05, 0.1) is 5.41 Å². The van der Waals surface area contributed by atoms with Crippen molar-refractivity contribution in [2.45, 2.75) is 77.4 Å². The number of aliphatic carboxylic acids is 1. The Bertz CT molecular complexity index is 1700. The molecular formula is C39H50N6O7. The number of nitrogens with two attached hydrogens (primary N) is 2. The van der Waals surface area contributed by atoms with Gasteiger partial charge < -0.3 is 42.6 Å². The molecule has 0 aromatic heterocycles. The highest BCUT2D eigenvalue weighted by atomic mass is 16.5. The van der Waals surface area contributed by atoms with Gasteiger partial charge in [-0.3, -0.25) is 14.4 Å². The molecule has 9 N–H and O–H groups in total. The molecule has 3 aromatic carbocycles. The van der Waals surface area contributed by atoms with Crippen molar-refractivity contribution in [1.29, 1.82) is 0 Å². The van der Waals surface area contributed by atoms with E-state index in [0.29, 0.717) is 24.9 Å². The summed E-state index contributed by atoms with van der Waals surface area (Å²) in [5.41, 5.74) is 16.1. The van der Waals surface area contributed by atoms with Crippen LogP contribution >= 0.6 is 0 Å². The third kappa shape index (κ3) is 10.5. The van der Waals surface area contributed by atoms with Gasteiger partial charge in [0.2, 0.25) is 11.8 Å². The molecule has 5 amide bonds. The second kappa shape index (κ2) is 17.7. The number of carboxylic acid groups (broad SMARTS) is 1. The van der Waals surface area contributed by atoms with Crippen molar-refractivity contribution in [3.05, 3.63) is 89.5 Å². The summed E-state index contributed by atoms with van der Waals surface area (Å²) < 4.78 is 5.68. The number of urea groups is 1. The van der Waals surface area contributed by atoms with E-state index >= 15 is 0 Å². The average Bonchev–Trinajstić information content (AvgIpc) is 3.41. The fourth-order valence-electron chi connectivity index (χ4n) is 6.42. The average molecular weight is 715 g/mol. The zero-order chi connectivity index (χ0) is 38.0. The van der Waals surface area contributed by atoms with Gasteiger partial charge in [-0.25, -0.2) is 9.59 Å². The molecule has 13 heteroatoms. The van der Waals surface area contributed by atoms with Crippen LogP contribution in [0, 0.1) is 11.3 Å². The van der Waals surface area contributed by atoms with Crippen molar-refractivity contribution < 1.29 is 33.8 Å². The van der Waals surface area contributed by atoms with Gasteiger partial charge in [-0.15, -0.1) is 0 Å². The maximum atomic E-state index is 13.6. The molecule has 0 saturated heterocycles. The van der Waals surface area contributed by atoms with E-state index in [9.17, 15) is 29.1 Å². The molecule has 0 fully saturated rings. The quantitative estimate of drug-likeness (QED) is 0.0987. The van der Waals surface area contributed by atoms with Crippen LogP contribution in [0.5, 0.6) is 0 Å². The highest BCUT2D eigenvalue weighted by Crippen LogP contribution is 2.44. The second-order valence-corrected chi connectivity index (χ2v) is 14.2. The number of fused-ring (bicyclic) bond motifs is 3. The fourth-order valence-corrected chi connectivity index (χ4v) is 6.42. The number of rotatable bonds is 17. The highest BCUT2D eigenvalue weighted by Gasteiger charge is 2.32. The van der Waals surface area contributed by atoms with E-state index in [1.165, 1.54) is 0 Å². The Morgan fingerprint density at radius 3 is 2.02 bits per heavy atom. The number of primary amides is 1. The summed E-state index contributed by atoms with van der Waals surface area (Å²) in [5.74, 6) is -2.48. The molecule has 1 aliphatic rings. The minimum absolute atomic E-state index is 0.0786. The van der Waals surface area contributed by atoms with E-state index in [0.717, 1.165) is 27.8 Å². The van der Waals surface area contributed by atoms with Crippen molar-refractivity contribution in [2.24, 2.45) is 22.8 Å². The molecular weight excluding hydrogens is 664 g/mol. The molecule has 52 heavy (non-hydrogen) atoms. The number of amides is 5. The largest absolute Gasteiger partial charge is 0.481 e. The van der Waals surface area contributed by atoms with Crippen molar-refractivity contribution >= 4 is 35.6 Å². The Kier molecular flexibility index (Phi) is 13.4. The Balaban J connectivity index is 1.38. The molecule has 0 bridgehead atoms. The van der Waals surface area contributed by atoms with E-state index in [2.05, 4.69) is 21.3 Å². The number of carbonyl (C=O) groups excluding carboxylic acids is 4. The molecule has 13 nitrogen and oxygen atoms in total. The van der Waals surface area contributed by atoms with Gasteiger partial charge in [0, 0.05) is 24.2 Å². The van der Waals surface area contributed by atoms with E-state index < -0.39 is 47.4 Å². The lowest BCUT2D eigenvalue weighted by molar-refractivity contribution is -0.147. The maximum absolute atomic E-state index is 13.6. The third-order valence-electron chi connectivity index (χ3n) is 9.24. The lowest BCUT2D eigenvalue weighted by atomic mass is 9.84. The zero-order valence-corrected chi connectivity index (χ0v) is 30.1. The van der Waals surface area contributed by atoms with Gasteiger partial charge in [-0.05, 0) is 85.4 Å². The number of benzene rings is 3. The first-order chi connectivity index (χ1) is 24.7. The Morgan fingerprint density at radius 2 is 1.46 bits per heavy atom. The van der Waals surface area contributed by atoms with Gasteiger partial charge in [-0.1, -0.05) is 74.5 Å². The Hall–Kier alpha value is -5.43. The van der Waals surface area contributed by atoms with Crippen LogP contribution in [0.4, 0.5) is 15.3 Å². The number of hydrogen-bond donors (Lipinski definition) is 7. The van der Waals surface area contributed by atoms with Gasteiger partial charge in [-0.2, -0.15) is 0 Å². The predicted molar refractivity (Wildman–Crippen MR) is 198 cm³/mol. The molecule has 0 aliphatic heterocycles. The summed E-state index contributed by atoms with van der Waals surface area (Å²) in [4.78, 5) is 62.9. The third-order valence-corrected chi connectivity index (χ3v) is 9.24. The summed E-state index contributed by atoms with van der Waals surface area (Å²) in [6.45, 7) is 7.08. The lowest BCUT2D eigenvalue weighted by Gasteiger charge is -2.25. The van der Waals surface area contributed by atoms with Crippen molar-refractivity contribution in [2.75, 3.05) is 18.5 Å². The Labute approximate surface area is 304 Å². The van der Waals surface area contributed by atoms with E-state index in [1.54, 1.807) is 52.0 Å². The zero-order valence-electron chi connectivity index (χ0n) is 30.1. The van der Waals surface area contributed by atoms with Crippen LogP contribution in [0.2, 0.25) is 0 Å². The van der Waals surface area contributed by atoms with Crippen molar-refractivity contribution in [3.8, 4) is 11.1 Å². The molecule has 278 valence electrons. The van der Waals surface area contributed by atoms with Crippen LogP contribution in [-0.4, -0.2) is 66.3 Å². The maximum Gasteiger partial charge on any atom is 0.407 e. The summed E-state index contributed by atoms with van der Waals surface area (Å²) >= 11 is 0. The van der Waals surface area contributed by atoms with Crippen molar-refractivity contribution in [3.63, 3.8) is 0 Å². The SMILES string of the molecule is CC(C)[C@H](NC(=O)OCC1c2ccccc2-c2ccccc21)C(=O)N[C@@H](CCCNC(N)=O)C(=O)Nc1ccc(C[C@H](N)CC(C)(C)C(=O)O)cc1. The molecule has 1 aliphatic carbocycles. The molecule has 0 unspecified atom stereocenters. The second-order valence-electron chi connectivity index (χ2n) is 14.2. The number of anilines is 1. The fraction of sp³-hybridized carbons (Fsp3) is 0.410. The topological polar surface area (TPSA) is 215 Å². The van der Waals surface area contributed by atoms with Gasteiger partial charge >= 0.3 is 18.1 Å². The summed E-state index contributed by atoms with van der Waals surface area (Å²) in [6.07, 6.45) is 0.481. The van der Waals surface area contributed by atoms with E-state index in [1.807, 2.05) is 48.5 Å². The van der Waals surface area contributed by atoms with E-state index in [-0.39, 0.29) is 37.5 Å². The predicted octanol–water partition coefficient (Wildman–Crippen LogP) is 4.49. The summed E-state index contributed by atoms with van der Waals surface area (Å²) in [5, 5.41) is 20.2. The normalized spacial score (nSPS) is 14.0. The summed E-state index contributed by atoms with van der Waals surface area (Å²) in [6, 6.07) is 19.9. The number of ether oxygens (including phenoxy) is 1. The van der Waals surface area contributed by atoms with Gasteiger partial charge in [0.1, 0.15) is 18.7 Å². The van der Waals surface area contributed by atoms with Crippen LogP contribution in [0.25, 0.3) is 11.1 Å². The minimum Gasteiger partial charge on any atom is -0.481 e. The molecule has 0 saturated carbocycles. The minimum atomic E-state index is -1.01. The van der Waals surface area contributed by atoms with Gasteiger partial charge in [0.15, 0.2) is 0 Å². The molecule has 4 rings (SSSR count). The van der Waals surface area contributed by atoms with Crippen LogP contribution in [0.15, 0.2) is 72.8 Å². The molecule has 3 aromatic rings. The number of carbonyl (C=O) groups is 5. The van der Waals surface area contributed by atoms with Gasteiger partial charge in [0.25, 0.3) is 0 Å². The monoisotopic (exact) mass is 714 g/mol. The smallest absolute Gasteiger partial charge is 0.407 e. The van der Waals surface area contributed by atoms with Crippen LogP contribution in [0.1, 0.15) is 69.6 Å². The standard InChI is InChI=1S/C39H50N6O7/c1-23(2)33(45-38(51)52-22-31-29-12-7-5-10-27(29)28-11-6-8-13-30(28)31)35(47)44-32(14-9-19-42-37(41)50)34(46)43-26-17-15-24(16-18-26)20-25(40)21-39(3,4)36(48)49/h5-8,10-13,15-18,23,25,31-33H,9,14,19-22,40H2,1-4H3,(H,43,46)(H,44,47)(H,45,51)(H,48,49)(H3,41,42,50)/t25-,32-,33-/m0/s1. The van der Waals surface area contributed by atoms with Crippen LogP contribution in [0.3, 0.4) is 0 Å². The first-order valence-corrected chi connectivity index (χ1v) is 17.5. The first kappa shape index (κ1) is 39.4. The summed E-state index contributed by atoms with van der Waals surface area (Å²) in [7, 11) is 0. The number of alkyl carbamates (subject to hydrolysis) is 1. The first-order valence-electron chi connectivity index (χ1n) is 17.5.